The van der Waals surface area contributed by atoms with Crippen LogP contribution in [-0.4, -0.2) is 44.2 Å². The number of aryl methyl sites for hydroxylation is 1. The molecule has 1 aliphatic rings. The summed E-state index contributed by atoms with van der Waals surface area (Å²) in [6, 6.07) is 6.84. The molecule has 1 unspecified atom stereocenters. The van der Waals surface area contributed by atoms with E-state index in [4.69, 9.17) is 9.72 Å². The van der Waals surface area contributed by atoms with Crippen LogP contribution in [0.5, 0.6) is 5.75 Å². The van der Waals surface area contributed by atoms with E-state index in [0.29, 0.717) is 17.0 Å². The van der Waals surface area contributed by atoms with Crippen LogP contribution in [-0.2, 0) is 7.05 Å². The van der Waals surface area contributed by atoms with Crippen LogP contribution in [0.4, 0.5) is 23.4 Å². The summed E-state index contributed by atoms with van der Waals surface area (Å²) in [5.74, 6) is 0.193. The van der Waals surface area contributed by atoms with Crippen molar-refractivity contribution in [1.82, 2.24) is 24.4 Å². The van der Waals surface area contributed by atoms with Crippen molar-refractivity contribution in [2.45, 2.75) is 25.1 Å². The molecule has 0 N–H and O–H groups in total. The molecule has 0 saturated heterocycles. The molecule has 34 heavy (non-hydrogen) atoms. The summed E-state index contributed by atoms with van der Waals surface area (Å²) in [6.07, 6.45) is 2.52. The van der Waals surface area contributed by atoms with Gasteiger partial charge in [0.1, 0.15) is 17.4 Å². The molecule has 5 rings (SSSR count). The van der Waals surface area contributed by atoms with Crippen molar-refractivity contribution in [2.75, 3.05) is 18.6 Å². The zero-order valence-electron chi connectivity index (χ0n) is 18.5. The number of alkyl halides is 3. The monoisotopic (exact) mass is 474 g/mol. The first kappa shape index (κ1) is 22.2. The van der Waals surface area contributed by atoms with Crippen LogP contribution in [0.3, 0.4) is 0 Å². The van der Waals surface area contributed by atoms with E-state index < -0.39 is 24.6 Å². The van der Waals surface area contributed by atoms with Gasteiger partial charge < -0.3 is 9.64 Å². The van der Waals surface area contributed by atoms with E-state index in [-0.39, 0.29) is 11.7 Å². The van der Waals surface area contributed by atoms with Gasteiger partial charge in [0.25, 0.3) is 0 Å². The van der Waals surface area contributed by atoms with Crippen LogP contribution in [0.25, 0.3) is 16.9 Å². The van der Waals surface area contributed by atoms with Crippen LogP contribution in [0.15, 0.2) is 48.9 Å². The number of halogens is 4. The molecule has 4 aromatic rings. The van der Waals surface area contributed by atoms with Gasteiger partial charge in [0.15, 0.2) is 12.3 Å². The molecule has 178 valence electrons. The molecule has 7 nitrogen and oxygen atoms in total. The van der Waals surface area contributed by atoms with Gasteiger partial charge in [-0.15, -0.1) is 0 Å². The van der Waals surface area contributed by atoms with Crippen molar-refractivity contribution in [3.8, 4) is 17.0 Å². The largest absolute Gasteiger partial charge is 0.484 e. The standard InChI is InChI=1S/C23H22F4N6O/c1-31-9-7-18(30-31)17-12-28-33-10-8-20(29-22(17)33)32(2)21(14-3-4-14)16-11-15(24)5-6-19(16)34-13-23(25,26)27/h5-12,14,21H,3-4,13H2,1-2H3. The SMILES string of the molecule is CN(c1ccn2ncc(-c3ccn(C)n3)c2n1)C(c1cc(F)ccc1OCC(F)(F)F)C1CC1. The number of hydrogen-bond donors (Lipinski definition) is 0. The molecule has 1 atom stereocenters. The number of aromatic nitrogens is 5. The second-order valence-electron chi connectivity index (χ2n) is 8.47. The maximum absolute atomic E-state index is 14.2. The average molecular weight is 474 g/mol. The van der Waals surface area contributed by atoms with E-state index in [1.54, 1.807) is 34.7 Å². The molecule has 11 heteroatoms. The van der Waals surface area contributed by atoms with Crippen LogP contribution in [0.1, 0.15) is 24.4 Å². The first-order chi connectivity index (χ1) is 16.2. The molecular formula is C23H22F4N6O. The van der Waals surface area contributed by atoms with Gasteiger partial charge in [-0.2, -0.15) is 23.4 Å². The molecule has 0 radical (unpaired) electrons. The summed E-state index contributed by atoms with van der Waals surface area (Å²) in [7, 11) is 3.62. The lowest BCUT2D eigenvalue weighted by Gasteiger charge is -2.31. The minimum Gasteiger partial charge on any atom is -0.484 e. The highest BCUT2D eigenvalue weighted by molar-refractivity contribution is 5.75. The van der Waals surface area contributed by atoms with Gasteiger partial charge in [0.05, 0.1) is 23.5 Å². The van der Waals surface area contributed by atoms with Gasteiger partial charge in [0, 0.05) is 32.1 Å². The third kappa shape index (κ3) is 4.42. The average Bonchev–Trinajstić information content (AvgIpc) is 3.37. The van der Waals surface area contributed by atoms with Gasteiger partial charge >= 0.3 is 6.18 Å². The number of rotatable bonds is 7. The Kier molecular flexibility index (Phi) is 5.41. The smallest absolute Gasteiger partial charge is 0.422 e. The maximum atomic E-state index is 14.2. The number of fused-ring (bicyclic) bond motifs is 1. The Morgan fingerprint density at radius 3 is 2.65 bits per heavy atom. The summed E-state index contributed by atoms with van der Waals surface area (Å²) in [5.41, 5.74) is 2.43. The normalized spacial score (nSPS) is 15.0. The van der Waals surface area contributed by atoms with Crippen molar-refractivity contribution in [1.29, 1.82) is 0 Å². The fourth-order valence-corrected chi connectivity index (χ4v) is 4.17. The van der Waals surface area contributed by atoms with Crippen molar-refractivity contribution >= 4 is 11.5 Å². The lowest BCUT2D eigenvalue weighted by atomic mass is 9.99. The quantitative estimate of drug-likeness (QED) is 0.360. The van der Waals surface area contributed by atoms with Crippen LogP contribution in [0, 0.1) is 11.7 Å². The van der Waals surface area contributed by atoms with Gasteiger partial charge in [-0.25, -0.2) is 13.9 Å². The molecule has 0 aliphatic heterocycles. The number of benzene rings is 1. The third-order valence-electron chi connectivity index (χ3n) is 5.87. The number of hydrogen-bond acceptors (Lipinski definition) is 5. The van der Waals surface area contributed by atoms with Gasteiger partial charge in [-0.3, -0.25) is 4.68 Å². The third-order valence-corrected chi connectivity index (χ3v) is 5.87. The Bertz CT molecular complexity index is 1330. The van der Waals surface area contributed by atoms with Crippen LogP contribution >= 0.6 is 0 Å². The Balaban J connectivity index is 1.53. The van der Waals surface area contributed by atoms with E-state index in [2.05, 4.69) is 10.2 Å². The maximum Gasteiger partial charge on any atom is 0.422 e. The van der Waals surface area contributed by atoms with Crippen LogP contribution in [0.2, 0.25) is 0 Å². The molecule has 1 fully saturated rings. The summed E-state index contributed by atoms with van der Waals surface area (Å²) >= 11 is 0. The summed E-state index contributed by atoms with van der Waals surface area (Å²) in [5, 5.41) is 8.76. The lowest BCUT2D eigenvalue weighted by Crippen LogP contribution is -2.28. The summed E-state index contributed by atoms with van der Waals surface area (Å²) in [6.45, 7) is -1.44. The second kappa shape index (κ2) is 8.30. The summed E-state index contributed by atoms with van der Waals surface area (Å²) in [4.78, 5) is 6.64. The minimum absolute atomic E-state index is 0.0158. The predicted octanol–water partition coefficient (Wildman–Crippen LogP) is 4.80. The first-order valence-corrected chi connectivity index (χ1v) is 10.8. The second-order valence-corrected chi connectivity index (χ2v) is 8.47. The Labute approximate surface area is 192 Å². The Morgan fingerprint density at radius 2 is 1.97 bits per heavy atom. The highest BCUT2D eigenvalue weighted by Gasteiger charge is 2.38. The fourth-order valence-electron chi connectivity index (χ4n) is 4.17. The van der Waals surface area contributed by atoms with Crippen molar-refractivity contribution < 1.29 is 22.3 Å². The molecule has 0 amide bonds. The predicted molar refractivity (Wildman–Crippen MR) is 117 cm³/mol. The molecule has 3 heterocycles. The van der Waals surface area contributed by atoms with Gasteiger partial charge in [0.2, 0.25) is 0 Å². The zero-order chi connectivity index (χ0) is 24.0. The molecule has 1 saturated carbocycles. The van der Waals surface area contributed by atoms with Crippen molar-refractivity contribution in [3.63, 3.8) is 0 Å². The summed E-state index contributed by atoms with van der Waals surface area (Å²) < 4.78 is 61.0. The molecule has 3 aromatic heterocycles. The zero-order valence-corrected chi connectivity index (χ0v) is 18.5. The fraction of sp³-hybridized carbons (Fsp3) is 0.348. The topological polar surface area (TPSA) is 60.5 Å². The van der Waals surface area contributed by atoms with E-state index in [1.807, 2.05) is 24.2 Å². The lowest BCUT2D eigenvalue weighted by molar-refractivity contribution is -0.153. The highest BCUT2D eigenvalue weighted by Crippen LogP contribution is 2.48. The molecule has 1 aliphatic carbocycles. The Hall–Kier alpha value is -3.63. The number of ether oxygens (including phenoxy) is 1. The van der Waals surface area contributed by atoms with Gasteiger partial charge in [-0.05, 0) is 49.1 Å². The molecule has 1 aromatic carbocycles. The molecule has 0 bridgehead atoms. The van der Waals surface area contributed by atoms with Gasteiger partial charge in [-0.1, -0.05) is 0 Å². The number of nitrogens with zero attached hydrogens (tertiary/aromatic N) is 6. The molecular weight excluding hydrogens is 452 g/mol. The number of anilines is 1. The van der Waals surface area contributed by atoms with E-state index in [1.165, 1.54) is 12.1 Å². The van der Waals surface area contributed by atoms with E-state index >= 15 is 0 Å². The molecule has 0 spiro atoms. The Morgan fingerprint density at radius 1 is 1.18 bits per heavy atom. The van der Waals surface area contributed by atoms with Crippen molar-refractivity contribution in [2.24, 2.45) is 13.0 Å². The minimum atomic E-state index is -4.50. The van der Waals surface area contributed by atoms with Crippen molar-refractivity contribution in [3.05, 3.63) is 60.3 Å². The van der Waals surface area contributed by atoms with Crippen LogP contribution < -0.4 is 9.64 Å². The first-order valence-electron chi connectivity index (χ1n) is 10.8. The highest BCUT2D eigenvalue weighted by atomic mass is 19.4. The van der Waals surface area contributed by atoms with E-state index in [9.17, 15) is 17.6 Å². The van der Waals surface area contributed by atoms with E-state index in [0.717, 1.165) is 30.2 Å².